The number of unbranched alkanes of at least 4 members (excludes halogenated alkanes) is 1. The van der Waals surface area contributed by atoms with E-state index in [0.717, 1.165) is 17.5 Å². The van der Waals surface area contributed by atoms with Crippen LogP contribution >= 0.6 is 11.3 Å². The van der Waals surface area contributed by atoms with Crippen LogP contribution in [0.1, 0.15) is 48.6 Å². The summed E-state index contributed by atoms with van der Waals surface area (Å²) in [6.07, 6.45) is 1.96. The first-order valence-corrected chi connectivity index (χ1v) is 13.3. The summed E-state index contributed by atoms with van der Waals surface area (Å²) in [5, 5.41) is 22.6. The Morgan fingerprint density at radius 1 is 1.03 bits per heavy atom. The lowest BCUT2D eigenvalue weighted by Crippen LogP contribution is -2.04. The first kappa shape index (κ1) is 25.4. The second-order valence-electron chi connectivity index (χ2n) is 8.76. The molecule has 2 aromatic carbocycles. The van der Waals surface area contributed by atoms with E-state index in [0.29, 0.717) is 52.4 Å². The zero-order chi connectivity index (χ0) is 26.8. The van der Waals surface area contributed by atoms with Crippen molar-refractivity contribution in [3.63, 3.8) is 0 Å². The number of ketones is 1. The van der Waals surface area contributed by atoms with Gasteiger partial charge in [0.05, 0.1) is 34.7 Å². The zero-order valence-corrected chi connectivity index (χ0v) is 22.2. The van der Waals surface area contributed by atoms with E-state index in [1.165, 1.54) is 15.9 Å². The van der Waals surface area contributed by atoms with Crippen LogP contribution in [0, 0.1) is 6.92 Å². The van der Waals surface area contributed by atoms with Crippen LogP contribution in [0.15, 0.2) is 59.0 Å². The number of fused-ring (bicyclic) bond motifs is 1. The molecular weight excluding hydrogens is 504 g/mol. The molecule has 5 rings (SSSR count). The number of rotatable bonds is 10. The molecule has 3 heterocycles. The number of nitrogens with zero attached hydrogens (tertiary/aromatic N) is 2. The van der Waals surface area contributed by atoms with Gasteiger partial charge in [0.1, 0.15) is 17.3 Å². The van der Waals surface area contributed by atoms with Crippen molar-refractivity contribution >= 4 is 27.3 Å². The maximum Gasteiger partial charge on any atom is 0.242 e. The van der Waals surface area contributed by atoms with Gasteiger partial charge in [-0.1, -0.05) is 24.7 Å². The van der Waals surface area contributed by atoms with Crippen molar-refractivity contribution in [1.82, 2.24) is 9.55 Å². The third-order valence-electron chi connectivity index (χ3n) is 6.06. The van der Waals surface area contributed by atoms with Crippen LogP contribution in [-0.2, 0) is 0 Å². The highest BCUT2D eigenvalue weighted by Gasteiger charge is 2.32. The van der Waals surface area contributed by atoms with Crippen molar-refractivity contribution in [3.05, 3.63) is 71.7 Å². The number of thiazole rings is 1. The standard InChI is InChI=1S/C29H28N2O6S/c1-4-6-15-36-19-10-8-18(9-11-19)25-24(26(32)22-14-7-17(3)37-22)27(33)28(34)31(25)29-30-21-13-12-20(35-5-2)16-23(21)38-29/h7-14,16,33-34H,4-6,15H2,1-3H3. The molecular formula is C29H28N2O6S. The minimum Gasteiger partial charge on any atom is -0.503 e. The Morgan fingerprint density at radius 2 is 1.79 bits per heavy atom. The summed E-state index contributed by atoms with van der Waals surface area (Å²) in [4.78, 5) is 18.2. The van der Waals surface area contributed by atoms with Crippen LogP contribution in [0.3, 0.4) is 0 Å². The fourth-order valence-corrected chi connectivity index (χ4v) is 5.19. The number of hydrogen-bond acceptors (Lipinski definition) is 8. The lowest BCUT2D eigenvalue weighted by Gasteiger charge is -2.10. The fourth-order valence-electron chi connectivity index (χ4n) is 4.19. The molecule has 0 unspecified atom stereocenters. The number of ether oxygens (including phenoxy) is 2. The predicted molar refractivity (Wildman–Crippen MR) is 146 cm³/mol. The molecule has 0 aliphatic rings. The van der Waals surface area contributed by atoms with Gasteiger partial charge in [-0.25, -0.2) is 4.98 Å². The normalized spacial score (nSPS) is 11.2. The van der Waals surface area contributed by atoms with Crippen LogP contribution in [-0.4, -0.2) is 38.8 Å². The van der Waals surface area contributed by atoms with E-state index in [4.69, 9.17) is 13.9 Å². The summed E-state index contributed by atoms with van der Waals surface area (Å²) < 4.78 is 19.2. The van der Waals surface area contributed by atoms with E-state index >= 15 is 0 Å². The van der Waals surface area contributed by atoms with Gasteiger partial charge in [0.25, 0.3) is 0 Å². The monoisotopic (exact) mass is 532 g/mol. The molecule has 8 nitrogen and oxygen atoms in total. The second-order valence-corrected chi connectivity index (χ2v) is 9.77. The molecule has 3 aromatic heterocycles. The molecule has 0 saturated carbocycles. The maximum absolute atomic E-state index is 13.6. The Balaban J connectivity index is 1.67. The van der Waals surface area contributed by atoms with Crippen molar-refractivity contribution in [2.75, 3.05) is 13.2 Å². The Bertz CT molecular complexity index is 1600. The number of carbonyl (C=O) groups excluding carboxylic acids is 1. The average molecular weight is 533 g/mol. The Labute approximate surface area is 223 Å². The summed E-state index contributed by atoms with van der Waals surface area (Å²) >= 11 is 1.31. The van der Waals surface area contributed by atoms with Crippen molar-refractivity contribution in [3.8, 4) is 39.5 Å². The van der Waals surface area contributed by atoms with E-state index < -0.39 is 17.4 Å². The number of furan rings is 1. The van der Waals surface area contributed by atoms with E-state index in [9.17, 15) is 15.0 Å². The molecule has 0 fully saturated rings. The molecule has 2 N–H and O–H groups in total. The van der Waals surface area contributed by atoms with E-state index in [-0.39, 0.29) is 11.3 Å². The molecule has 9 heteroatoms. The summed E-state index contributed by atoms with van der Waals surface area (Å²) in [5.74, 6) is 0.423. The molecule has 38 heavy (non-hydrogen) atoms. The molecule has 0 radical (unpaired) electrons. The predicted octanol–water partition coefficient (Wildman–Crippen LogP) is 6.88. The maximum atomic E-state index is 13.6. The van der Waals surface area contributed by atoms with Gasteiger partial charge < -0.3 is 24.1 Å². The first-order chi connectivity index (χ1) is 18.4. The SMILES string of the molecule is CCCCOc1ccc(-c2c(C(=O)c3ccc(C)o3)c(O)c(O)n2-c2nc3ccc(OCC)cc3s2)cc1. The van der Waals surface area contributed by atoms with Gasteiger partial charge in [-0.05, 0) is 80.4 Å². The molecule has 0 spiro atoms. The number of benzene rings is 2. The van der Waals surface area contributed by atoms with Crippen LogP contribution in [0.4, 0.5) is 0 Å². The topological polar surface area (TPSA) is 107 Å². The van der Waals surface area contributed by atoms with Crippen LogP contribution in [0.2, 0.25) is 0 Å². The van der Waals surface area contributed by atoms with Gasteiger partial charge in [-0.3, -0.25) is 9.36 Å². The lowest BCUT2D eigenvalue weighted by molar-refractivity contribution is 0.101. The third kappa shape index (κ3) is 4.72. The van der Waals surface area contributed by atoms with Gasteiger partial charge in [0.15, 0.2) is 16.6 Å². The Hall–Kier alpha value is -4.24. The van der Waals surface area contributed by atoms with Gasteiger partial charge in [-0.2, -0.15) is 0 Å². The van der Waals surface area contributed by atoms with Gasteiger partial charge >= 0.3 is 0 Å². The van der Waals surface area contributed by atoms with Gasteiger partial charge in [-0.15, -0.1) is 0 Å². The number of aryl methyl sites for hydroxylation is 1. The summed E-state index contributed by atoms with van der Waals surface area (Å²) in [6, 6.07) is 15.9. The first-order valence-electron chi connectivity index (χ1n) is 12.5. The summed E-state index contributed by atoms with van der Waals surface area (Å²) in [6.45, 7) is 6.87. The van der Waals surface area contributed by atoms with E-state index in [1.54, 1.807) is 43.3 Å². The highest BCUT2D eigenvalue weighted by Crippen LogP contribution is 2.45. The summed E-state index contributed by atoms with van der Waals surface area (Å²) in [5.41, 5.74) is 1.50. The minimum absolute atomic E-state index is 0.0568. The average Bonchev–Trinajstić information content (AvgIpc) is 3.60. The highest BCUT2D eigenvalue weighted by atomic mass is 32.1. The van der Waals surface area contributed by atoms with E-state index in [1.807, 2.05) is 25.1 Å². The smallest absolute Gasteiger partial charge is 0.242 e. The van der Waals surface area contributed by atoms with Gasteiger partial charge in [0.2, 0.25) is 11.7 Å². The van der Waals surface area contributed by atoms with Crippen molar-refractivity contribution in [2.45, 2.75) is 33.6 Å². The number of carbonyl (C=O) groups is 1. The highest BCUT2D eigenvalue weighted by molar-refractivity contribution is 7.20. The fraction of sp³-hybridized carbons (Fsp3) is 0.241. The third-order valence-corrected chi connectivity index (χ3v) is 7.06. The van der Waals surface area contributed by atoms with Crippen molar-refractivity contribution in [2.24, 2.45) is 0 Å². The largest absolute Gasteiger partial charge is 0.503 e. The summed E-state index contributed by atoms with van der Waals surface area (Å²) in [7, 11) is 0. The molecule has 0 amide bonds. The molecule has 196 valence electrons. The molecule has 0 bridgehead atoms. The van der Waals surface area contributed by atoms with Crippen LogP contribution in [0.5, 0.6) is 23.1 Å². The second kappa shape index (κ2) is 10.6. The van der Waals surface area contributed by atoms with Crippen LogP contribution < -0.4 is 9.47 Å². The zero-order valence-electron chi connectivity index (χ0n) is 21.4. The lowest BCUT2D eigenvalue weighted by atomic mass is 10.0. The van der Waals surface area contributed by atoms with Gasteiger partial charge in [0, 0.05) is 0 Å². The molecule has 0 aliphatic carbocycles. The van der Waals surface area contributed by atoms with Crippen molar-refractivity contribution < 1.29 is 28.9 Å². The van der Waals surface area contributed by atoms with Crippen LogP contribution in [0.25, 0.3) is 26.6 Å². The minimum atomic E-state index is -0.553. The molecule has 5 aromatic rings. The molecule has 0 aliphatic heterocycles. The Morgan fingerprint density at radius 3 is 2.47 bits per heavy atom. The quantitative estimate of drug-likeness (QED) is 0.149. The molecule has 0 atom stereocenters. The van der Waals surface area contributed by atoms with E-state index in [2.05, 4.69) is 11.9 Å². The number of aromatic hydroxyl groups is 2. The number of hydrogen-bond donors (Lipinski definition) is 2. The number of aromatic nitrogens is 2. The Kier molecular flexibility index (Phi) is 7.11. The molecule has 0 saturated heterocycles. The van der Waals surface area contributed by atoms with Crippen molar-refractivity contribution in [1.29, 1.82) is 0 Å².